The molecule has 5 rings (SSSR count). The average Bonchev–Trinajstić information content (AvgIpc) is 3.43. The van der Waals surface area contributed by atoms with Crippen molar-refractivity contribution >= 4 is 0 Å². The van der Waals surface area contributed by atoms with Crippen molar-refractivity contribution in [3.05, 3.63) is 83.2 Å². The fraction of sp³-hybridized carbons (Fsp3) is 0.286. The Labute approximate surface area is 163 Å². The van der Waals surface area contributed by atoms with Crippen LogP contribution in [0.3, 0.4) is 0 Å². The zero-order valence-corrected chi connectivity index (χ0v) is 16.1. The molecule has 1 aliphatic heterocycles. The highest BCUT2D eigenvalue weighted by Gasteiger charge is 2.31. The van der Waals surface area contributed by atoms with E-state index in [9.17, 15) is 0 Å². The highest BCUT2D eigenvalue weighted by Crippen LogP contribution is 2.33. The van der Waals surface area contributed by atoms with Crippen LogP contribution in [0.1, 0.15) is 40.1 Å². The van der Waals surface area contributed by atoms with Gasteiger partial charge in [0.05, 0.1) is 41.5 Å². The van der Waals surface area contributed by atoms with Gasteiger partial charge in [-0.15, -0.1) is 0 Å². The van der Waals surface area contributed by atoms with Crippen LogP contribution in [0.4, 0.5) is 0 Å². The largest absolute Gasteiger partial charge is 0.348 e. The van der Waals surface area contributed by atoms with Crippen LogP contribution in [0.25, 0.3) is 5.69 Å². The van der Waals surface area contributed by atoms with E-state index >= 15 is 0 Å². The topological polar surface area (TPSA) is 78.4 Å². The Bertz CT molecular complexity index is 1090. The predicted octanol–water partition coefficient (Wildman–Crippen LogP) is 3.08. The molecule has 0 radical (unpaired) electrons. The number of aromatic amines is 2. The van der Waals surface area contributed by atoms with Crippen molar-refractivity contribution in [3.63, 3.8) is 0 Å². The summed E-state index contributed by atoms with van der Waals surface area (Å²) in [4.78, 5) is 17.9. The molecule has 0 fully saturated rings. The molecule has 7 nitrogen and oxygen atoms in total. The number of nitrogens with one attached hydrogen (secondary N) is 2. The van der Waals surface area contributed by atoms with Gasteiger partial charge in [-0.1, -0.05) is 12.1 Å². The van der Waals surface area contributed by atoms with E-state index < -0.39 is 0 Å². The number of hydrogen-bond donors (Lipinski definition) is 2. The van der Waals surface area contributed by atoms with E-state index in [-0.39, 0.29) is 6.04 Å². The number of benzene rings is 1. The van der Waals surface area contributed by atoms with Gasteiger partial charge in [0.1, 0.15) is 0 Å². The van der Waals surface area contributed by atoms with Crippen LogP contribution in [0, 0.1) is 13.8 Å². The second-order valence-corrected chi connectivity index (χ2v) is 7.41. The minimum absolute atomic E-state index is 0.0786. The molecular formula is C21H23N7. The molecule has 0 bridgehead atoms. The summed E-state index contributed by atoms with van der Waals surface area (Å²) in [6.07, 6.45) is 6.39. The van der Waals surface area contributed by atoms with Crippen LogP contribution in [0.5, 0.6) is 0 Å². The summed E-state index contributed by atoms with van der Waals surface area (Å²) in [5.41, 5.74) is 7.90. The molecule has 1 aromatic carbocycles. The van der Waals surface area contributed by atoms with Gasteiger partial charge in [-0.25, -0.2) is 14.6 Å². The molecule has 4 heterocycles. The van der Waals surface area contributed by atoms with Gasteiger partial charge in [-0.3, -0.25) is 4.90 Å². The Morgan fingerprint density at radius 2 is 2.07 bits per heavy atom. The molecular weight excluding hydrogens is 350 g/mol. The predicted molar refractivity (Wildman–Crippen MR) is 106 cm³/mol. The van der Waals surface area contributed by atoms with E-state index in [0.29, 0.717) is 0 Å². The third kappa shape index (κ3) is 2.93. The van der Waals surface area contributed by atoms with E-state index in [1.54, 1.807) is 12.7 Å². The van der Waals surface area contributed by atoms with Gasteiger partial charge >= 0.3 is 0 Å². The van der Waals surface area contributed by atoms with Crippen molar-refractivity contribution < 1.29 is 0 Å². The summed E-state index contributed by atoms with van der Waals surface area (Å²) in [5, 5.41) is 4.62. The van der Waals surface area contributed by atoms with Crippen molar-refractivity contribution in [2.75, 3.05) is 6.54 Å². The summed E-state index contributed by atoms with van der Waals surface area (Å²) in [7, 11) is 0. The number of rotatable bonds is 4. The maximum atomic E-state index is 4.62. The van der Waals surface area contributed by atoms with E-state index in [1.807, 2.05) is 17.8 Å². The van der Waals surface area contributed by atoms with Gasteiger partial charge < -0.3 is 9.97 Å². The third-order valence-electron chi connectivity index (χ3n) is 5.39. The molecule has 4 aromatic rings. The third-order valence-corrected chi connectivity index (χ3v) is 5.39. The second kappa shape index (κ2) is 6.76. The Kier molecular flexibility index (Phi) is 4.09. The highest BCUT2D eigenvalue weighted by molar-refractivity contribution is 5.37. The molecule has 7 heteroatoms. The maximum absolute atomic E-state index is 4.62. The lowest BCUT2D eigenvalue weighted by atomic mass is 9.99. The zero-order valence-electron chi connectivity index (χ0n) is 16.1. The second-order valence-electron chi connectivity index (χ2n) is 7.41. The van der Waals surface area contributed by atoms with Gasteiger partial charge in [-0.2, -0.15) is 5.10 Å². The maximum Gasteiger partial charge on any atom is 0.0965 e. The quantitative estimate of drug-likeness (QED) is 0.576. The van der Waals surface area contributed by atoms with E-state index in [4.69, 9.17) is 0 Å². The molecule has 1 aliphatic rings. The van der Waals surface area contributed by atoms with Gasteiger partial charge in [0.25, 0.3) is 0 Å². The molecule has 1 atom stereocenters. The van der Waals surface area contributed by atoms with Crippen LogP contribution in [0.15, 0.2) is 49.2 Å². The minimum Gasteiger partial charge on any atom is -0.348 e. The smallest absolute Gasteiger partial charge is 0.0965 e. The summed E-state index contributed by atoms with van der Waals surface area (Å²) in [5.74, 6) is 0. The lowest BCUT2D eigenvalue weighted by Gasteiger charge is -2.34. The Morgan fingerprint density at radius 1 is 1.14 bits per heavy atom. The lowest BCUT2D eigenvalue weighted by molar-refractivity contribution is 0.197. The van der Waals surface area contributed by atoms with Crippen molar-refractivity contribution in [1.82, 2.24) is 34.6 Å². The first kappa shape index (κ1) is 16.9. The normalized spacial score (nSPS) is 17.0. The first-order valence-corrected chi connectivity index (χ1v) is 9.56. The monoisotopic (exact) mass is 373 g/mol. The van der Waals surface area contributed by atoms with E-state index in [1.165, 1.54) is 11.3 Å². The summed E-state index contributed by atoms with van der Waals surface area (Å²) >= 11 is 0. The first-order valence-electron chi connectivity index (χ1n) is 9.56. The first-order chi connectivity index (χ1) is 13.7. The van der Waals surface area contributed by atoms with Crippen LogP contribution < -0.4 is 0 Å². The summed E-state index contributed by atoms with van der Waals surface area (Å²) in [6.45, 7) is 5.91. The number of nitrogens with zero attached hydrogens (tertiary/aromatic N) is 5. The van der Waals surface area contributed by atoms with Crippen LogP contribution in [0.2, 0.25) is 0 Å². The van der Waals surface area contributed by atoms with Crippen molar-refractivity contribution in [3.8, 4) is 5.69 Å². The fourth-order valence-corrected chi connectivity index (χ4v) is 4.17. The minimum atomic E-state index is 0.0786. The van der Waals surface area contributed by atoms with Crippen LogP contribution in [-0.2, 0) is 13.0 Å². The van der Waals surface area contributed by atoms with Gasteiger partial charge in [0, 0.05) is 37.1 Å². The van der Waals surface area contributed by atoms with Crippen LogP contribution in [-0.4, -0.2) is 41.2 Å². The molecule has 1 unspecified atom stereocenters. The van der Waals surface area contributed by atoms with Gasteiger partial charge in [0.15, 0.2) is 0 Å². The standard InChI is InChI=1S/C21H23N7/c1-14-8-15(2)28(26-14)17-5-3-4-16(9-17)11-27-7-6-18-20(25-13-24-18)21(27)19-10-22-12-23-19/h3-5,8-10,12-13,21H,6-7,11H2,1-2H3,(H,22,23)(H,24,25). The SMILES string of the molecule is Cc1cc(C)n(-c2cccc(CN3CCc4[nH]cnc4C3c3cnc[nH]3)c2)n1. The molecule has 0 saturated carbocycles. The van der Waals surface area contributed by atoms with Crippen molar-refractivity contribution in [1.29, 1.82) is 0 Å². The molecule has 0 spiro atoms. The van der Waals surface area contributed by atoms with Gasteiger partial charge in [0.2, 0.25) is 0 Å². The summed E-state index contributed by atoms with van der Waals surface area (Å²) in [6, 6.07) is 10.8. The summed E-state index contributed by atoms with van der Waals surface area (Å²) < 4.78 is 2.01. The number of fused-ring (bicyclic) bond motifs is 1. The van der Waals surface area contributed by atoms with E-state index in [0.717, 1.165) is 48.0 Å². The molecule has 0 amide bonds. The highest BCUT2D eigenvalue weighted by atomic mass is 15.3. The molecule has 28 heavy (non-hydrogen) atoms. The zero-order chi connectivity index (χ0) is 19.1. The molecule has 3 aromatic heterocycles. The number of imidazole rings is 2. The number of H-pyrrole nitrogens is 2. The van der Waals surface area contributed by atoms with Crippen molar-refractivity contribution in [2.45, 2.75) is 32.9 Å². The molecule has 142 valence electrons. The van der Waals surface area contributed by atoms with Crippen LogP contribution >= 0.6 is 0 Å². The molecule has 2 N–H and O–H groups in total. The molecule has 0 saturated heterocycles. The fourth-order valence-electron chi connectivity index (χ4n) is 4.17. The van der Waals surface area contributed by atoms with Gasteiger partial charge in [-0.05, 0) is 37.6 Å². The Balaban J connectivity index is 1.47. The number of aryl methyl sites for hydroxylation is 2. The number of hydrogen-bond acceptors (Lipinski definition) is 4. The Morgan fingerprint density at radius 3 is 2.86 bits per heavy atom. The average molecular weight is 373 g/mol. The number of aromatic nitrogens is 6. The van der Waals surface area contributed by atoms with E-state index in [2.05, 4.69) is 67.2 Å². The van der Waals surface area contributed by atoms with Crippen molar-refractivity contribution in [2.24, 2.45) is 0 Å². The Hall–Kier alpha value is -3.19. The molecule has 0 aliphatic carbocycles. The lowest BCUT2D eigenvalue weighted by Crippen LogP contribution is -2.36.